The third-order valence-corrected chi connectivity index (χ3v) is 7.02. The van der Waals surface area contributed by atoms with Crippen molar-refractivity contribution in [1.29, 1.82) is 0 Å². The molecule has 0 radical (unpaired) electrons. The van der Waals surface area contributed by atoms with Crippen LogP contribution >= 0.6 is 0 Å². The molecule has 1 unspecified atom stereocenters. The Morgan fingerprint density at radius 1 is 0.935 bits per heavy atom. The lowest BCUT2D eigenvalue weighted by molar-refractivity contribution is -0.140. The summed E-state index contributed by atoms with van der Waals surface area (Å²) in [5.74, 6) is -1.44. The fourth-order valence-electron chi connectivity index (χ4n) is 3.73. The van der Waals surface area contributed by atoms with Gasteiger partial charge in [0.1, 0.15) is 6.04 Å². The second-order valence-electron chi connectivity index (χ2n) is 7.06. The SMILES string of the molecule is O=C(O)C1Cc2ccccc2N1S(=O)(=O)c1ccc(-c2ccccc2)cc1C(F)(F)F. The van der Waals surface area contributed by atoms with E-state index in [0.717, 1.165) is 12.1 Å². The normalized spacial score (nSPS) is 16.2. The summed E-state index contributed by atoms with van der Waals surface area (Å²) in [6, 6.07) is 15.8. The molecule has 0 aromatic heterocycles. The molecular weight excluding hydrogens is 431 g/mol. The number of para-hydroxylation sites is 1. The molecule has 1 N–H and O–H groups in total. The zero-order chi connectivity index (χ0) is 22.4. The van der Waals surface area contributed by atoms with Gasteiger partial charge in [0.15, 0.2) is 0 Å². The summed E-state index contributed by atoms with van der Waals surface area (Å²) in [4.78, 5) is 10.8. The van der Waals surface area contributed by atoms with Crippen molar-refractivity contribution in [3.63, 3.8) is 0 Å². The highest BCUT2D eigenvalue weighted by atomic mass is 32.2. The molecule has 160 valence electrons. The second kappa shape index (κ2) is 7.42. The van der Waals surface area contributed by atoms with Gasteiger partial charge in [-0.1, -0.05) is 54.6 Å². The highest BCUT2D eigenvalue weighted by molar-refractivity contribution is 7.93. The molecule has 0 saturated heterocycles. The van der Waals surface area contributed by atoms with E-state index in [9.17, 15) is 31.5 Å². The standard InChI is InChI=1S/C22H16F3NO4S/c23-22(24,25)17-12-15(14-6-2-1-3-7-14)10-11-20(17)31(29,30)26-18-9-5-4-8-16(18)13-19(26)21(27)28/h1-12,19H,13H2,(H,27,28). The van der Waals surface area contributed by atoms with E-state index in [0.29, 0.717) is 15.4 Å². The summed E-state index contributed by atoms with van der Waals surface area (Å²) >= 11 is 0. The number of carboxylic acids is 1. The van der Waals surface area contributed by atoms with Crippen molar-refractivity contribution in [2.75, 3.05) is 4.31 Å². The van der Waals surface area contributed by atoms with Crippen molar-refractivity contribution in [2.45, 2.75) is 23.5 Å². The highest BCUT2D eigenvalue weighted by Gasteiger charge is 2.46. The first-order valence-corrected chi connectivity index (χ1v) is 10.7. The Morgan fingerprint density at radius 2 is 1.58 bits per heavy atom. The smallest absolute Gasteiger partial charge is 0.417 e. The van der Waals surface area contributed by atoms with E-state index in [4.69, 9.17) is 0 Å². The number of rotatable bonds is 4. The monoisotopic (exact) mass is 447 g/mol. The molecule has 1 aliphatic heterocycles. The van der Waals surface area contributed by atoms with E-state index >= 15 is 0 Å². The molecule has 1 heterocycles. The van der Waals surface area contributed by atoms with Crippen LogP contribution in [0.25, 0.3) is 11.1 Å². The quantitative estimate of drug-likeness (QED) is 0.636. The minimum absolute atomic E-state index is 0.0650. The molecule has 0 amide bonds. The molecule has 4 rings (SSSR count). The number of hydrogen-bond donors (Lipinski definition) is 1. The summed E-state index contributed by atoms with van der Waals surface area (Å²) in [6.45, 7) is 0. The number of halogens is 3. The molecule has 3 aromatic rings. The number of benzene rings is 3. The molecule has 0 bridgehead atoms. The minimum atomic E-state index is -4.97. The third kappa shape index (κ3) is 3.65. The Bertz CT molecular complexity index is 1260. The van der Waals surface area contributed by atoms with E-state index < -0.39 is 38.7 Å². The predicted molar refractivity (Wildman–Crippen MR) is 108 cm³/mol. The van der Waals surface area contributed by atoms with Crippen molar-refractivity contribution in [3.05, 3.63) is 83.9 Å². The Kier molecular flexibility index (Phi) is 5.01. The number of carbonyl (C=O) groups is 1. The number of alkyl halides is 3. The molecule has 1 aliphatic rings. The maximum Gasteiger partial charge on any atom is 0.417 e. The van der Waals surface area contributed by atoms with Crippen LogP contribution in [0.4, 0.5) is 18.9 Å². The molecular formula is C22H16F3NO4S. The highest BCUT2D eigenvalue weighted by Crippen LogP contribution is 2.42. The number of hydrogen-bond acceptors (Lipinski definition) is 3. The number of nitrogens with zero attached hydrogens (tertiary/aromatic N) is 1. The summed E-state index contributed by atoms with van der Waals surface area (Å²) in [5, 5.41) is 9.56. The average molecular weight is 447 g/mol. The fraction of sp³-hybridized carbons (Fsp3) is 0.136. The zero-order valence-electron chi connectivity index (χ0n) is 15.9. The zero-order valence-corrected chi connectivity index (χ0v) is 16.7. The van der Waals surface area contributed by atoms with E-state index in [1.165, 1.54) is 18.2 Å². The van der Waals surface area contributed by atoms with E-state index in [1.54, 1.807) is 42.5 Å². The largest absolute Gasteiger partial charge is 0.480 e. The molecule has 9 heteroatoms. The van der Waals surface area contributed by atoms with Crippen LogP contribution < -0.4 is 4.31 Å². The predicted octanol–water partition coefficient (Wildman–Crippen LogP) is 4.58. The van der Waals surface area contributed by atoms with Gasteiger partial charge in [-0.25, -0.2) is 13.2 Å². The van der Waals surface area contributed by atoms with Gasteiger partial charge in [-0.3, -0.25) is 4.31 Å². The van der Waals surface area contributed by atoms with Crippen LogP contribution in [0.1, 0.15) is 11.1 Å². The molecule has 0 aliphatic carbocycles. The number of anilines is 1. The third-order valence-electron chi connectivity index (χ3n) is 5.14. The van der Waals surface area contributed by atoms with Gasteiger partial charge in [-0.2, -0.15) is 13.2 Å². The number of sulfonamides is 1. The van der Waals surface area contributed by atoms with Gasteiger partial charge >= 0.3 is 12.1 Å². The first kappa shape index (κ1) is 20.9. The van der Waals surface area contributed by atoms with Crippen LogP contribution in [0, 0.1) is 0 Å². The Labute approximate surface area is 176 Å². The van der Waals surface area contributed by atoms with Crippen molar-refractivity contribution < 1.29 is 31.5 Å². The molecule has 5 nitrogen and oxygen atoms in total. The van der Waals surface area contributed by atoms with Crippen LogP contribution in [0.5, 0.6) is 0 Å². The molecule has 0 saturated carbocycles. The van der Waals surface area contributed by atoms with Gasteiger partial charge in [0, 0.05) is 6.42 Å². The molecule has 3 aromatic carbocycles. The molecule has 0 fully saturated rings. The summed E-state index contributed by atoms with van der Waals surface area (Å²) in [5.41, 5.74) is -0.152. The van der Waals surface area contributed by atoms with Crippen LogP contribution in [0.2, 0.25) is 0 Å². The summed E-state index contributed by atoms with van der Waals surface area (Å²) in [7, 11) is -4.83. The lowest BCUT2D eigenvalue weighted by atomic mass is 10.0. The van der Waals surface area contributed by atoms with Gasteiger partial charge in [0.05, 0.1) is 16.1 Å². The Balaban J connectivity index is 1.91. The number of carboxylic acid groups (broad SMARTS) is 1. The Hall–Kier alpha value is -3.33. The topological polar surface area (TPSA) is 74.7 Å². The van der Waals surface area contributed by atoms with Crippen LogP contribution in [-0.2, 0) is 27.4 Å². The van der Waals surface area contributed by atoms with E-state index in [1.807, 2.05) is 0 Å². The summed E-state index contributed by atoms with van der Waals surface area (Å²) < 4.78 is 69.1. The van der Waals surface area contributed by atoms with Crippen LogP contribution in [0.15, 0.2) is 77.7 Å². The van der Waals surface area contributed by atoms with Gasteiger partial charge in [-0.15, -0.1) is 0 Å². The van der Waals surface area contributed by atoms with Crippen molar-refractivity contribution in [2.24, 2.45) is 0 Å². The van der Waals surface area contributed by atoms with Crippen molar-refractivity contribution in [1.82, 2.24) is 0 Å². The van der Waals surface area contributed by atoms with Crippen molar-refractivity contribution >= 4 is 21.7 Å². The van der Waals surface area contributed by atoms with Gasteiger partial charge < -0.3 is 5.11 Å². The minimum Gasteiger partial charge on any atom is -0.480 e. The van der Waals surface area contributed by atoms with Crippen LogP contribution in [0.3, 0.4) is 0 Å². The maximum absolute atomic E-state index is 13.9. The number of fused-ring (bicyclic) bond motifs is 1. The summed E-state index contributed by atoms with van der Waals surface area (Å²) in [6.07, 6.45) is -5.10. The van der Waals surface area contributed by atoms with Gasteiger partial charge in [0.2, 0.25) is 0 Å². The lowest BCUT2D eigenvalue weighted by Gasteiger charge is -2.26. The van der Waals surface area contributed by atoms with Gasteiger partial charge in [-0.05, 0) is 34.9 Å². The second-order valence-corrected chi connectivity index (χ2v) is 8.85. The number of aliphatic carboxylic acids is 1. The lowest BCUT2D eigenvalue weighted by Crippen LogP contribution is -2.43. The molecule has 0 spiro atoms. The first-order valence-electron chi connectivity index (χ1n) is 9.22. The Morgan fingerprint density at radius 3 is 2.23 bits per heavy atom. The fourth-order valence-corrected chi connectivity index (χ4v) is 5.58. The van der Waals surface area contributed by atoms with Crippen LogP contribution in [-0.4, -0.2) is 25.5 Å². The van der Waals surface area contributed by atoms with E-state index in [2.05, 4.69) is 0 Å². The van der Waals surface area contributed by atoms with Gasteiger partial charge in [0.25, 0.3) is 10.0 Å². The maximum atomic E-state index is 13.9. The molecule has 31 heavy (non-hydrogen) atoms. The van der Waals surface area contributed by atoms with E-state index in [-0.39, 0.29) is 17.7 Å². The van der Waals surface area contributed by atoms with Crippen molar-refractivity contribution in [3.8, 4) is 11.1 Å². The average Bonchev–Trinajstić information content (AvgIpc) is 3.14. The first-order chi connectivity index (χ1) is 14.6. The molecule has 1 atom stereocenters.